The van der Waals surface area contributed by atoms with Crippen molar-refractivity contribution in [3.63, 3.8) is 0 Å². The molecule has 3 heteroatoms. The molecule has 0 saturated heterocycles. The minimum Gasteiger partial charge on any atom is -0.494 e. The van der Waals surface area contributed by atoms with E-state index < -0.39 is 0 Å². The molecule has 0 heterocycles. The van der Waals surface area contributed by atoms with Crippen molar-refractivity contribution >= 4 is 0 Å². The summed E-state index contributed by atoms with van der Waals surface area (Å²) < 4.78 is 5.69. The Kier molecular flexibility index (Phi) is 7.04. The summed E-state index contributed by atoms with van der Waals surface area (Å²) in [5.41, 5.74) is 1.12. The molecule has 0 aliphatic heterocycles. The van der Waals surface area contributed by atoms with E-state index in [4.69, 9.17) is 4.74 Å². The number of aliphatic hydroxyl groups is 1. The molecule has 2 N–H and O–H groups in total. The van der Waals surface area contributed by atoms with E-state index in [2.05, 4.69) is 24.4 Å². The first-order valence-electron chi connectivity index (χ1n) is 8.43. The van der Waals surface area contributed by atoms with Crippen molar-refractivity contribution in [1.29, 1.82) is 0 Å². The monoisotopic (exact) mass is 291 g/mol. The maximum atomic E-state index is 9.74. The van der Waals surface area contributed by atoms with Crippen molar-refractivity contribution in [3.8, 4) is 5.75 Å². The SMILES string of the molecule is CCCOc1cccc(C(CO)NC2CCCCCC2)c1. The molecule has 1 aromatic carbocycles. The number of aliphatic hydroxyl groups excluding tert-OH is 1. The zero-order chi connectivity index (χ0) is 14.9. The van der Waals surface area contributed by atoms with Gasteiger partial charge in [0.05, 0.1) is 19.3 Å². The van der Waals surface area contributed by atoms with E-state index in [0.29, 0.717) is 6.04 Å². The number of nitrogens with one attached hydrogen (secondary N) is 1. The van der Waals surface area contributed by atoms with Gasteiger partial charge < -0.3 is 15.2 Å². The molecule has 0 aromatic heterocycles. The maximum absolute atomic E-state index is 9.74. The zero-order valence-corrected chi connectivity index (χ0v) is 13.2. The van der Waals surface area contributed by atoms with Crippen molar-refractivity contribution in [2.24, 2.45) is 0 Å². The number of benzene rings is 1. The van der Waals surface area contributed by atoms with E-state index in [1.807, 2.05) is 12.1 Å². The number of hydrogen-bond donors (Lipinski definition) is 2. The minimum atomic E-state index is 0.0123. The third kappa shape index (κ3) is 5.33. The molecule has 1 saturated carbocycles. The van der Waals surface area contributed by atoms with Crippen molar-refractivity contribution in [2.45, 2.75) is 64.0 Å². The summed E-state index contributed by atoms with van der Waals surface area (Å²) in [5, 5.41) is 13.4. The molecule has 1 fully saturated rings. The second-order valence-corrected chi connectivity index (χ2v) is 6.01. The molecule has 21 heavy (non-hydrogen) atoms. The van der Waals surface area contributed by atoms with Crippen LogP contribution in [0.5, 0.6) is 5.75 Å². The average molecular weight is 291 g/mol. The van der Waals surface area contributed by atoms with Crippen LogP contribution in [0.4, 0.5) is 0 Å². The van der Waals surface area contributed by atoms with Gasteiger partial charge in [-0.3, -0.25) is 0 Å². The van der Waals surface area contributed by atoms with Crippen LogP contribution in [0, 0.1) is 0 Å². The third-order valence-electron chi connectivity index (χ3n) is 4.21. The van der Waals surface area contributed by atoms with Crippen molar-refractivity contribution in [3.05, 3.63) is 29.8 Å². The highest BCUT2D eigenvalue weighted by Crippen LogP contribution is 2.23. The summed E-state index contributed by atoms with van der Waals surface area (Å²) in [6.45, 7) is 2.98. The second kappa shape index (κ2) is 9.06. The lowest BCUT2D eigenvalue weighted by atomic mass is 10.0. The van der Waals surface area contributed by atoms with Crippen LogP contribution in [-0.4, -0.2) is 24.4 Å². The van der Waals surface area contributed by atoms with Gasteiger partial charge in [-0.2, -0.15) is 0 Å². The number of ether oxygens (including phenoxy) is 1. The Bertz CT molecular complexity index is 400. The lowest BCUT2D eigenvalue weighted by molar-refractivity contribution is 0.227. The zero-order valence-electron chi connectivity index (χ0n) is 13.2. The average Bonchev–Trinajstić information content (AvgIpc) is 2.79. The van der Waals surface area contributed by atoms with Gasteiger partial charge in [-0.25, -0.2) is 0 Å². The fourth-order valence-electron chi connectivity index (χ4n) is 3.03. The van der Waals surface area contributed by atoms with E-state index >= 15 is 0 Å². The Morgan fingerprint density at radius 3 is 2.67 bits per heavy atom. The highest BCUT2D eigenvalue weighted by atomic mass is 16.5. The molecular weight excluding hydrogens is 262 g/mol. The van der Waals surface area contributed by atoms with Gasteiger partial charge in [-0.1, -0.05) is 44.7 Å². The van der Waals surface area contributed by atoms with Gasteiger partial charge in [0, 0.05) is 6.04 Å². The Hall–Kier alpha value is -1.06. The van der Waals surface area contributed by atoms with E-state index in [1.54, 1.807) is 0 Å². The lowest BCUT2D eigenvalue weighted by Crippen LogP contribution is -2.34. The largest absolute Gasteiger partial charge is 0.494 e. The molecule has 3 nitrogen and oxygen atoms in total. The molecule has 1 aliphatic rings. The van der Waals surface area contributed by atoms with Crippen LogP contribution in [0.2, 0.25) is 0 Å². The van der Waals surface area contributed by atoms with Crippen molar-refractivity contribution < 1.29 is 9.84 Å². The Morgan fingerprint density at radius 1 is 1.24 bits per heavy atom. The predicted molar refractivity (Wildman–Crippen MR) is 86.7 cm³/mol. The molecule has 0 radical (unpaired) electrons. The lowest BCUT2D eigenvalue weighted by Gasteiger charge is -2.24. The fraction of sp³-hybridized carbons (Fsp3) is 0.667. The van der Waals surface area contributed by atoms with Gasteiger partial charge in [0.2, 0.25) is 0 Å². The molecular formula is C18H29NO2. The maximum Gasteiger partial charge on any atom is 0.119 e. The first kappa shape index (κ1) is 16.3. The van der Waals surface area contributed by atoms with E-state index in [-0.39, 0.29) is 12.6 Å². The van der Waals surface area contributed by atoms with Crippen LogP contribution in [0.1, 0.15) is 63.5 Å². The molecule has 1 unspecified atom stereocenters. The van der Waals surface area contributed by atoms with E-state index in [0.717, 1.165) is 24.3 Å². The predicted octanol–water partition coefficient (Wildman–Crippen LogP) is 3.82. The molecule has 0 bridgehead atoms. The van der Waals surface area contributed by atoms with Gasteiger partial charge in [0.15, 0.2) is 0 Å². The van der Waals surface area contributed by atoms with Crippen LogP contribution < -0.4 is 10.1 Å². The van der Waals surface area contributed by atoms with E-state index in [1.165, 1.54) is 38.5 Å². The van der Waals surface area contributed by atoms with Crippen LogP contribution in [-0.2, 0) is 0 Å². The first-order chi connectivity index (χ1) is 10.3. The van der Waals surface area contributed by atoms with Crippen molar-refractivity contribution in [2.75, 3.05) is 13.2 Å². The third-order valence-corrected chi connectivity index (χ3v) is 4.21. The van der Waals surface area contributed by atoms with Crippen LogP contribution in [0.15, 0.2) is 24.3 Å². The fourth-order valence-corrected chi connectivity index (χ4v) is 3.03. The standard InChI is InChI=1S/C18H29NO2/c1-2-12-21-17-11-7-8-15(13-17)18(14-20)19-16-9-5-3-4-6-10-16/h7-8,11,13,16,18-20H,2-6,9-10,12,14H2,1H3. The van der Waals surface area contributed by atoms with Gasteiger partial charge in [-0.15, -0.1) is 0 Å². The Balaban J connectivity index is 1.98. The van der Waals surface area contributed by atoms with Gasteiger partial charge >= 0.3 is 0 Å². The van der Waals surface area contributed by atoms with Crippen LogP contribution in [0.3, 0.4) is 0 Å². The van der Waals surface area contributed by atoms with E-state index in [9.17, 15) is 5.11 Å². The summed E-state index contributed by atoms with van der Waals surface area (Å²) in [6.07, 6.45) is 8.76. The summed E-state index contributed by atoms with van der Waals surface area (Å²) in [5.74, 6) is 0.899. The molecule has 118 valence electrons. The topological polar surface area (TPSA) is 41.5 Å². The van der Waals surface area contributed by atoms with Gasteiger partial charge in [-0.05, 0) is 37.0 Å². The van der Waals surface area contributed by atoms with Gasteiger partial charge in [0.1, 0.15) is 5.75 Å². The highest BCUT2D eigenvalue weighted by Gasteiger charge is 2.18. The smallest absolute Gasteiger partial charge is 0.119 e. The van der Waals surface area contributed by atoms with Gasteiger partial charge in [0.25, 0.3) is 0 Å². The summed E-state index contributed by atoms with van der Waals surface area (Å²) in [4.78, 5) is 0. The summed E-state index contributed by atoms with van der Waals surface area (Å²) in [6, 6.07) is 8.67. The minimum absolute atomic E-state index is 0.0123. The van der Waals surface area contributed by atoms with Crippen LogP contribution in [0.25, 0.3) is 0 Å². The quantitative estimate of drug-likeness (QED) is 0.750. The van der Waals surface area contributed by atoms with Crippen molar-refractivity contribution in [1.82, 2.24) is 5.32 Å². The molecule has 1 aliphatic carbocycles. The molecule has 1 aromatic rings. The number of hydrogen-bond acceptors (Lipinski definition) is 3. The summed E-state index contributed by atoms with van der Waals surface area (Å²) in [7, 11) is 0. The Morgan fingerprint density at radius 2 is 2.00 bits per heavy atom. The second-order valence-electron chi connectivity index (χ2n) is 6.01. The highest BCUT2D eigenvalue weighted by molar-refractivity contribution is 5.30. The first-order valence-corrected chi connectivity index (χ1v) is 8.43. The normalized spacial score (nSPS) is 18.2. The molecule has 0 amide bonds. The number of rotatable bonds is 7. The molecule has 0 spiro atoms. The Labute approximate surface area is 128 Å². The summed E-state index contributed by atoms with van der Waals surface area (Å²) >= 11 is 0. The van der Waals surface area contributed by atoms with Crippen LogP contribution >= 0.6 is 0 Å². The molecule has 1 atom stereocenters. The molecule has 2 rings (SSSR count).